The molecule has 0 aliphatic rings. The van der Waals surface area contributed by atoms with Gasteiger partial charge in [0.2, 0.25) is 0 Å². The van der Waals surface area contributed by atoms with Crippen LogP contribution in [-0.4, -0.2) is 32.3 Å². The number of rotatable bonds is 6. The fourth-order valence-corrected chi connectivity index (χ4v) is 3.40. The predicted molar refractivity (Wildman–Crippen MR) is 92.5 cm³/mol. The summed E-state index contributed by atoms with van der Waals surface area (Å²) in [5.41, 5.74) is 1.33. The smallest absolute Gasteiger partial charge is 0.274 e. The van der Waals surface area contributed by atoms with Gasteiger partial charge in [0.25, 0.3) is 15.7 Å². The van der Waals surface area contributed by atoms with Crippen molar-refractivity contribution in [3.63, 3.8) is 0 Å². The second kappa shape index (κ2) is 6.98. The molecule has 128 valence electrons. The first-order chi connectivity index (χ1) is 11.2. The topological polar surface area (TPSA) is 92.6 Å². The Morgan fingerprint density at radius 1 is 1.12 bits per heavy atom. The highest BCUT2D eigenvalue weighted by molar-refractivity contribution is 7.92. The third-order valence-corrected chi connectivity index (χ3v) is 4.86. The maximum absolute atomic E-state index is 12.5. The van der Waals surface area contributed by atoms with E-state index in [2.05, 4.69) is 4.72 Å². The highest BCUT2D eigenvalue weighted by Crippen LogP contribution is 2.27. The highest BCUT2D eigenvalue weighted by atomic mass is 32.2. The molecule has 0 amide bonds. The van der Waals surface area contributed by atoms with Crippen molar-refractivity contribution < 1.29 is 13.3 Å². The van der Waals surface area contributed by atoms with E-state index in [1.807, 2.05) is 19.0 Å². The summed E-state index contributed by atoms with van der Waals surface area (Å²) in [5, 5.41) is 11.0. The summed E-state index contributed by atoms with van der Waals surface area (Å²) in [6.45, 7) is 2.22. The van der Waals surface area contributed by atoms with Crippen molar-refractivity contribution in [3.05, 3.63) is 63.7 Å². The van der Waals surface area contributed by atoms with Crippen LogP contribution in [0.1, 0.15) is 11.1 Å². The predicted octanol–water partition coefficient (Wildman–Crippen LogP) is 2.77. The summed E-state index contributed by atoms with van der Waals surface area (Å²) in [6, 6.07) is 10.8. The van der Waals surface area contributed by atoms with Gasteiger partial charge in [-0.05, 0) is 44.8 Å². The Balaban J connectivity index is 2.29. The first-order valence-electron chi connectivity index (χ1n) is 7.21. The molecule has 0 aromatic heterocycles. The lowest BCUT2D eigenvalue weighted by Gasteiger charge is -2.12. The molecular formula is C16H19N3O4S. The van der Waals surface area contributed by atoms with Crippen LogP contribution in [0.2, 0.25) is 0 Å². The number of anilines is 1. The first-order valence-corrected chi connectivity index (χ1v) is 8.69. The molecule has 0 aliphatic heterocycles. The molecule has 7 nitrogen and oxygen atoms in total. The van der Waals surface area contributed by atoms with Crippen LogP contribution in [0.15, 0.2) is 47.4 Å². The first kappa shape index (κ1) is 17.9. The van der Waals surface area contributed by atoms with E-state index in [4.69, 9.17) is 0 Å². The van der Waals surface area contributed by atoms with Crippen molar-refractivity contribution in [1.29, 1.82) is 0 Å². The van der Waals surface area contributed by atoms with Gasteiger partial charge in [0.05, 0.1) is 21.1 Å². The molecule has 0 radical (unpaired) electrons. The number of benzene rings is 2. The Kier molecular flexibility index (Phi) is 5.20. The third kappa shape index (κ3) is 4.09. The summed E-state index contributed by atoms with van der Waals surface area (Å²) in [6.07, 6.45) is 0. The Labute approximate surface area is 141 Å². The normalized spacial score (nSPS) is 11.5. The second-order valence-corrected chi connectivity index (χ2v) is 7.38. The molecule has 2 aromatic carbocycles. The molecule has 0 bridgehead atoms. The van der Waals surface area contributed by atoms with Gasteiger partial charge in [-0.2, -0.15) is 0 Å². The summed E-state index contributed by atoms with van der Waals surface area (Å²) < 4.78 is 27.4. The standard InChI is InChI=1S/C16H19N3O4S/c1-12-15(5-4-6-16(12)19(20)21)17-24(22,23)14-9-7-13(8-10-14)11-18(2)3/h4-10,17H,11H2,1-3H3. The molecule has 0 saturated heterocycles. The number of nitro groups is 1. The van der Waals surface area contributed by atoms with Crippen LogP contribution in [0.5, 0.6) is 0 Å². The Morgan fingerprint density at radius 3 is 2.29 bits per heavy atom. The Bertz CT molecular complexity index is 846. The summed E-state index contributed by atoms with van der Waals surface area (Å²) in [4.78, 5) is 12.5. The fraction of sp³-hybridized carbons (Fsp3) is 0.250. The molecule has 0 aliphatic carbocycles. The van der Waals surface area contributed by atoms with Crippen LogP contribution in [0, 0.1) is 17.0 Å². The molecular weight excluding hydrogens is 330 g/mol. The van der Waals surface area contributed by atoms with Crippen LogP contribution in [0.25, 0.3) is 0 Å². The van der Waals surface area contributed by atoms with Crippen molar-refractivity contribution in [2.75, 3.05) is 18.8 Å². The molecule has 8 heteroatoms. The van der Waals surface area contributed by atoms with Crippen LogP contribution in [0.4, 0.5) is 11.4 Å². The van der Waals surface area contributed by atoms with Gasteiger partial charge in [-0.25, -0.2) is 8.42 Å². The van der Waals surface area contributed by atoms with Crippen molar-refractivity contribution in [3.8, 4) is 0 Å². The van der Waals surface area contributed by atoms with E-state index in [1.54, 1.807) is 12.1 Å². The molecule has 1 N–H and O–H groups in total. The van der Waals surface area contributed by atoms with Crippen molar-refractivity contribution in [1.82, 2.24) is 4.90 Å². The quantitative estimate of drug-likeness (QED) is 0.639. The minimum absolute atomic E-state index is 0.107. The molecule has 0 atom stereocenters. The SMILES string of the molecule is Cc1c(NS(=O)(=O)c2ccc(CN(C)C)cc2)cccc1[N+](=O)[O-]. The van der Waals surface area contributed by atoms with Gasteiger partial charge in [0.1, 0.15) is 0 Å². The van der Waals surface area contributed by atoms with Crippen molar-refractivity contribution >= 4 is 21.4 Å². The molecule has 0 unspecified atom stereocenters. The number of hydrogen-bond donors (Lipinski definition) is 1. The lowest BCUT2D eigenvalue weighted by molar-refractivity contribution is -0.385. The van der Waals surface area contributed by atoms with E-state index in [0.717, 1.165) is 5.56 Å². The Morgan fingerprint density at radius 2 is 1.75 bits per heavy atom. The lowest BCUT2D eigenvalue weighted by Crippen LogP contribution is -2.15. The number of nitro benzene ring substituents is 1. The van der Waals surface area contributed by atoms with E-state index in [-0.39, 0.29) is 21.8 Å². The molecule has 24 heavy (non-hydrogen) atoms. The average molecular weight is 349 g/mol. The summed E-state index contributed by atoms with van der Waals surface area (Å²) in [7, 11) is 0.0460. The van der Waals surface area contributed by atoms with E-state index < -0.39 is 14.9 Å². The van der Waals surface area contributed by atoms with Gasteiger partial charge in [0.15, 0.2) is 0 Å². The zero-order valence-electron chi connectivity index (χ0n) is 13.7. The number of hydrogen-bond acceptors (Lipinski definition) is 5. The molecule has 0 saturated carbocycles. The monoisotopic (exact) mass is 349 g/mol. The molecule has 0 heterocycles. The summed E-state index contributed by atoms with van der Waals surface area (Å²) in [5.74, 6) is 0. The van der Waals surface area contributed by atoms with Gasteiger partial charge in [-0.15, -0.1) is 0 Å². The zero-order valence-corrected chi connectivity index (χ0v) is 14.5. The van der Waals surface area contributed by atoms with Gasteiger partial charge >= 0.3 is 0 Å². The largest absolute Gasteiger partial charge is 0.305 e. The van der Waals surface area contributed by atoms with Crippen molar-refractivity contribution in [2.24, 2.45) is 0 Å². The highest BCUT2D eigenvalue weighted by Gasteiger charge is 2.19. The van der Waals surface area contributed by atoms with Crippen LogP contribution in [-0.2, 0) is 16.6 Å². The minimum atomic E-state index is -3.81. The van der Waals surface area contributed by atoms with E-state index >= 15 is 0 Å². The van der Waals surface area contributed by atoms with Crippen molar-refractivity contribution in [2.45, 2.75) is 18.4 Å². The zero-order chi connectivity index (χ0) is 17.9. The molecule has 0 fully saturated rings. The van der Waals surface area contributed by atoms with Crippen LogP contribution >= 0.6 is 0 Å². The number of nitrogens with one attached hydrogen (secondary N) is 1. The van der Waals surface area contributed by atoms with Crippen LogP contribution < -0.4 is 4.72 Å². The van der Waals surface area contributed by atoms with Gasteiger partial charge in [0, 0.05) is 12.6 Å². The lowest BCUT2D eigenvalue weighted by atomic mass is 10.2. The van der Waals surface area contributed by atoms with E-state index in [1.165, 1.54) is 37.3 Å². The summed E-state index contributed by atoms with van der Waals surface area (Å²) >= 11 is 0. The molecule has 2 rings (SSSR count). The minimum Gasteiger partial charge on any atom is -0.305 e. The Hall–Kier alpha value is -2.45. The average Bonchev–Trinajstić information content (AvgIpc) is 2.49. The maximum atomic E-state index is 12.5. The van der Waals surface area contributed by atoms with Gasteiger partial charge in [-0.1, -0.05) is 18.2 Å². The van der Waals surface area contributed by atoms with Gasteiger partial charge < -0.3 is 4.90 Å². The number of nitrogens with zero attached hydrogens (tertiary/aromatic N) is 2. The van der Waals surface area contributed by atoms with Crippen LogP contribution in [0.3, 0.4) is 0 Å². The van der Waals surface area contributed by atoms with E-state index in [9.17, 15) is 18.5 Å². The third-order valence-electron chi connectivity index (χ3n) is 3.48. The molecule has 0 spiro atoms. The maximum Gasteiger partial charge on any atom is 0.274 e. The fourth-order valence-electron chi connectivity index (χ4n) is 2.27. The second-order valence-electron chi connectivity index (χ2n) is 5.69. The molecule has 2 aromatic rings. The number of sulfonamides is 1. The van der Waals surface area contributed by atoms with E-state index in [0.29, 0.717) is 6.54 Å². The van der Waals surface area contributed by atoms with Gasteiger partial charge in [-0.3, -0.25) is 14.8 Å².